The molecule has 7 heteroatoms. The molecule has 0 spiro atoms. The van der Waals surface area contributed by atoms with Gasteiger partial charge in [-0.2, -0.15) is 0 Å². The standard InChI is InChI=1S/C22H26N2O3S2/c1-22(2,3)28(25)23-18-13-9-15-20-21(18)17-12-7-8-14-19(17)24(20)29(26,27)16-10-5-4-6-11-16/h4-8,10-12,14,18,23H,9,13,15H2,1-3H3/t18-,28+/m0/s1. The zero-order valence-electron chi connectivity index (χ0n) is 16.9. The van der Waals surface area contributed by atoms with Crippen molar-refractivity contribution in [2.75, 3.05) is 0 Å². The second kappa shape index (κ2) is 7.47. The van der Waals surface area contributed by atoms with Crippen LogP contribution in [0, 0.1) is 0 Å². The molecule has 1 aromatic heterocycles. The largest absolute Gasteiger partial charge is 0.598 e. The first kappa shape index (κ1) is 20.5. The van der Waals surface area contributed by atoms with Crippen molar-refractivity contribution in [1.29, 1.82) is 0 Å². The van der Waals surface area contributed by atoms with Crippen LogP contribution in [0.2, 0.25) is 0 Å². The monoisotopic (exact) mass is 430 g/mol. The van der Waals surface area contributed by atoms with E-state index in [-0.39, 0.29) is 10.9 Å². The van der Waals surface area contributed by atoms with E-state index in [4.69, 9.17) is 0 Å². The summed E-state index contributed by atoms with van der Waals surface area (Å²) in [5.74, 6) is 0. The summed E-state index contributed by atoms with van der Waals surface area (Å²) in [7, 11) is -3.73. The van der Waals surface area contributed by atoms with E-state index in [1.165, 1.54) is 3.97 Å². The van der Waals surface area contributed by atoms with Crippen LogP contribution in [0.25, 0.3) is 10.9 Å². The number of rotatable bonds is 4. The summed E-state index contributed by atoms with van der Waals surface area (Å²) in [4.78, 5) is 0.275. The molecule has 2 atom stereocenters. The minimum atomic E-state index is -3.73. The lowest BCUT2D eigenvalue weighted by molar-refractivity contribution is 0.488. The van der Waals surface area contributed by atoms with Gasteiger partial charge in [0.2, 0.25) is 0 Å². The maximum atomic E-state index is 13.6. The first-order valence-corrected chi connectivity index (χ1v) is 12.4. The Balaban J connectivity index is 1.91. The van der Waals surface area contributed by atoms with Gasteiger partial charge in [0.25, 0.3) is 10.0 Å². The summed E-state index contributed by atoms with van der Waals surface area (Å²) >= 11 is -1.24. The molecule has 2 aromatic carbocycles. The van der Waals surface area contributed by atoms with E-state index >= 15 is 0 Å². The first-order valence-electron chi connectivity index (χ1n) is 9.82. The Morgan fingerprint density at radius 1 is 1.07 bits per heavy atom. The first-order chi connectivity index (χ1) is 13.7. The highest BCUT2D eigenvalue weighted by Gasteiger charge is 2.36. The second-order valence-corrected chi connectivity index (χ2v) is 12.2. The Kier molecular flexibility index (Phi) is 5.27. The molecule has 0 fully saturated rings. The fourth-order valence-corrected chi connectivity index (χ4v) is 6.39. The molecule has 0 radical (unpaired) electrons. The fourth-order valence-electron chi connectivity index (χ4n) is 3.93. The molecule has 0 amide bonds. The van der Waals surface area contributed by atoms with Gasteiger partial charge < -0.3 is 4.55 Å². The van der Waals surface area contributed by atoms with Crippen LogP contribution in [0.4, 0.5) is 0 Å². The Hall–Kier alpha value is -1.80. The Labute approximate surface area is 175 Å². The summed E-state index contributed by atoms with van der Waals surface area (Å²) in [6, 6.07) is 16.0. The van der Waals surface area contributed by atoms with Crippen molar-refractivity contribution in [3.8, 4) is 0 Å². The second-order valence-electron chi connectivity index (χ2n) is 8.40. The topological polar surface area (TPSA) is 74.2 Å². The predicted molar refractivity (Wildman–Crippen MR) is 118 cm³/mol. The maximum Gasteiger partial charge on any atom is 0.268 e. The number of nitrogens with zero attached hydrogens (tertiary/aromatic N) is 1. The Bertz CT molecular complexity index is 1130. The van der Waals surface area contributed by atoms with Crippen LogP contribution in [0.15, 0.2) is 59.5 Å². The number of para-hydroxylation sites is 1. The number of nitrogens with one attached hydrogen (secondary N) is 1. The van der Waals surface area contributed by atoms with Crippen LogP contribution in [0.3, 0.4) is 0 Å². The molecule has 0 bridgehead atoms. The van der Waals surface area contributed by atoms with Gasteiger partial charge in [-0.15, -0.1) is 4.72 Å². The fraction of sp³-hybridized carbons (Fsp3) is 0.364. The molecule has 0 unspecified atom stereocenters. The normalized spacial score (nSPS) is 18.6. The maximum absolute atomic E-state index is 13.6. The number of fused-ring (bicyclic) bond motifs is 3. The van der Waals surface area contributed by atoms with Crippen LogP contribution in [0.1, 0.15) is 50.9 Å². The van der Waals surface area contributed by atoms with Crippen LogP contribution < -0.4 is 4.72 Å². The van der Waals surface area contributed by atoms with Gasteiger partial charge >= 0.3 is 0 Å². The highest BCUT2D eigenvalue weighted by molar-refractivity contribution is 7.91. The van der Waals surface area contributed by atoms with Gasteiger partial charge in [0.15, 0.2) is 0 Å². The van der Waals surface area contributed by atoms with Crippen molar-refractivity contribution in [2.24, 2.45) is 0 Å². The average Bonchev–Trinajstić information content (AvgIpc) is 3.04. The lowest BCUT2D eigenvalue weighted by Gasteiger charge is -2.30. The summed E-state index contributed by atoms with van der Waals surface area (Å²) in [6.07, 6.45) is 2.34. The lowest BCUT2D eigenvalue weighted by atomic mass is 9.91. The van der Waals surface area contributed by atoms with Crippen molar-refractivity contribution < 1.29 is 13.0 Å². The molecular weight excluding hydrogens is 404 g/mol. The minimum Gasteiger partial charge on any atom is -0.598 e. The number of hydrogen-bond donors (Lipinski definition) is 1. The van der Waals surface area contributed by atoms with Gasteiger partial charge in [-0.05, 0) is 58.2 Å². The van der Waals surface area contributed by atoms with Crippen molar-refractivity contribution in [2.45, 2.75) is 55.7 Å². The molecule has 0 saturated carbocycles. The summed E-state index contributed by atoms with van der Waals surface area (Å²) in [6.45, 7) is 5.80. The van der Waals surface area contributed by atoms with Crippen LogP contribution in [0.5, 0.6) is 0 Å². The van der Waals surface area contributed by atoms with Crippen LogP contribution in [-0.4, -0.2) is 21.7 Å². The van der Waals surface area contributed by atoms with Gasteiger partial charge in [-0.3, -0.25) is 0 Å². The summed E-state index contributed by atoms with van der Waals surface area (Å²) in [5, 5.41) is 0.908. The van der Waals surface area contributed by atoms with Crippen LogP contribution >= 0.6 is 0 Å². The highest BCUT2D eigenvalue weighted by Crippen LogP contribution is 2.40. The molecule has 5 nitrogen and oxygen atoms in total. The molecule has 1 aliphatic rings. The molecule has 1 heterocycles. The Morgan fingerprint density at radius 2 is 1.72 bits per heavy atom. The number of benzene rings is 2. The minimum absolute atomic E-state index is 0.143. The molecule has 0 aliphatic heterocycles. The molecule has 154 valence electrons. The SMILES string of the molecule is CC(C)(C)[S@@+]([O-])N[C@H]1CCCc2c1c1ccccc1n2S(=O)(=O)c1ccccc1. The highest BCUT2D eigenvalue weighted by atomic mass is 32.2. The molecule has 3 aromatic rings. The third-order valence-corrected chi connectivity index (χ3v) is 8.69. The molecular formula is C22H26N2O3S2. The van der Waals surface area contributed by atoms with E-state index in [1.54, 1.807) is 24.3 Å². The van der Waals surface area contributed by atoms with Crippen molar-refractivity contribution in [3.05, 3.63) is 65.9 Å². The Morgan fingerprint density at radius 3 is 2.41 bits per heavy atom. The third kappa shape index (κ3) is 3.61. The molecule has 1 N–H and O–H groups in total. The zero-order valence-corrected chi connectivity index (χ0v) is 18.5. The zero-order chi connectivity index (χ0) is 20.8. The average molecular weight is 431 g/mol. The van der Waals surface area contributed by atoms with Crippen molar-refractivity contribution >= 4 is 32.3 Å². The predicted octanol–water partition coefficient (Wildman–Crippen LogP) is 4.31. The van der Waals surface area contributed by atoms with Gasteiger partial charge in [0.1, 0.15) is 4.75 Å². The van der Waals surface area contributed by atoms with E-state index < -0.39 is 26.1 Å². The lowest BCUT2D eigenvalue weighted by Crippen LogP contribution is -2.42. The van der Waals surface area contributed by atoms with E-state index in [0.29, 0.717) is 11.9 Å². The molecule has 1 aliphatic carbocycles. The van der Waals surface area contributed by atoms with Gasteiger partial charge in [-0.1, -0.05) is 36.4 Å². The molecule has 4 rings (SSSR count). The number of hydrogen-bond acceptors (Lipinski definition) is 4. The third-order valence-electron chi connectivity index (χ3n) is 5.31. The molecule has 0 saturated heterocycles. The van der Waals surface area contributed by atoms with E-state index in [2.05, 4.69) is 4.72 Å². The van der Waals surface area contributed by atoms with Gasteiger partial charge in [0, 0.05) is 28.0 Å². The van der Waals surface area contributed by atoms with Crippen molar-refractivity contribution in [1.82, 2.24) is 8.69 Å². The smallest absolute Gasteiger partial charge is 0.268 e. The summed E-state index contributed by atoms with van der Waals surface area (Å²) < 4.78 is 44.3. The summed E-state index contributed by atoms with van der Waals surface area (Å²) in [5.41, 5.74) is 2.44. The quantitative estimate of drug-likeness (QED) is 0.626. The molecule has 29 heavy (non-hydrogen) atoms. The van der Waals surface area contributed by atoms with E-state index in [9.17, 15) is 13.0 Å². The van der Waals surface area contributed by atoms with E-state index in [1.807, 2.05) is 51.1 Å². The van der Waals surface area contributed by atoms with Crippen molar-refractivity contribution in [3.63, 3.8) is 0 Å². The number of aromatic nitrogens is 1. The van der Waals surface area contributed by atoms with E-state index in [0.717, 1.165) is 29.5 Å². The van der Waals surface area contributed by atoms with Gasteiger partial charge in [-0.25, -0.2) is 12.4 Å². The van der Waals surface area contributed by atoms with Gasteiger partial charge in [0.05, 0.1) is 16.5 Å². The van der Waals surface area contributed by atoms with Crippen LogP contribution in [-0.2, 0) is 27.8 Å².